The lowest BCUT2D eigenvalue weighted by Gasteiger charge is -2.31. The lowest BCUT2D eigenvalue weighted by atomic mass is 10.1. The van der Waals surface area contributed by atoms with Crippen LogP contribution >= 0.6 is 0 Å². The zero-order chi connectivity index (χ0) is 15.5. The molecule has 0 bridgehead atoms. The first-order chi connectivity index (χ1) is 10.0. The fourth-order valence-corrected chi connectivity index (χ4v) is 4.08. The largest absolute Gasteiger partial charge is 0.495 e. The molecule has 0 aliphatic carbocycles. The van der Waals surface area contributed by atoms with E-state index in [0.717, 1.165) is 12.8 Å². The van der Waals surface area contributed by atoms with Crippen LogP contribution in [0.2, 0.25) is 0 Å². The number of benzene rings is 1. The van der Waals surface area contributed by atoms with Crippen molar-refractivity contribution in [2.24, 2.45) is 0 Å². The van der Waals surface area contributed by atoms with Crippen LogP contribution in [0.15, 0.2) is 23.1 Å². The number of hydrogen-bond donors (Lipinski definition) is 1. The molecule has 0 saturated carbocycles. The molecule has 21 heavy (non-hydrogen) atoms. The van der Waals surface area contributed by atoms with Gasteiger partial charge in [0.1, 0.15) is 10.6 Å². The van der Waals surface area contributed by atoms with E-state index in [0.29, 0.717) is 24.7 Å². The van der Waals surface area contributed by atoms with Gasteiger partial charge >= 0.3 is 0 Å². The molecule has 0 unspecified atom stereocenters. The van der Waals surface area contributed by atoms with E-state index in [4.69, 9.17) is 10.00 Å². The maximum atomic E-state index is 12.7. The minimum atomic E-state index is -3.59. The van der Waals surface area contributed by atoms with Gasteiger partial charge in [0, 0.05) is 19.1 Å². The number of nitriles is 1. The van der Waals surface area contributed by atoms with Gasteiger partial charge in [-0.3, -0.25) is 0 Å². The second-order valence-electron chi connectivity index (χ2n) is 4.94. The zero-order valence-corrected chi connectivity index (χ0v) is 13.0. The Bertz CT molecular complexity index is 644. The number of methoxy groups -OCH3 is 1. The molecule has 0 radical (unpaired) electrons. The van der Waals surface area contributed by atoms with Crippen molar-refractivity contribution in [3.8, 4) is 11.8 Å². The van der Waals surface area contributed by atoms with Crippen LogP contribution in [-0.2, 0) is 10.0 Å². The van der Waals surface area contributed by atoms with Gasteiger partial charge in [-0.25, -0.2) is 8.42 Å². The minimum absolute atomic E-state index is 0.118. The first kappa shape index (κ1) is 15.8. The maximum absolute atomic E-state index is 12.7. The van der Waals surface area contributed by atoms with Crippen LogP contribution < -0.4 is 10.1 Å². The van der Waals surface area contributed by atoms with Crippen molar-refractivity contribution in [3.63, 3.8) is 0 Å². The lowest BCUT2D eigenvalue weighted by molar-refractivity contribution is 0.297. The van der Waals surface area contributed by atoms with Crippen molar-refractivity contribution < 1.29 is 13.2 Å². The van der Waals surface area contributed by atoms with E-state index in [1.165, 1.54) is 29.6 Å². The van der Waals surface area contributed by atoms with Crippen LogP contribution in [0.3, 0.4) is 0 Å². The highest BCUT2D eigenvalue weighted by Crippen LogP contribution is 2.29. The van der Waals surface area contributed by atoms with E-state index >= 15 is 0 Å². The molecule has 1 aromatic rings. The van der Waals surface area contributed by atoms with E-state index in [1.807, 2.05) is 13.1 Å². The third-order valence-corrected chi connectivity index (χ3v) is 5.71. The molecule has 7 heteroatoms. The molecule has 1 heterocycles. The summed E-state index contributed by atoms with van der Waals surface area (Å²) in [5.41, 5.74) is 0.375. The molecule has 6 nitrogen and oxygen atoms in total. The number of nitrogens with zero attached hydrogens (tertiary/aromatic N) is 2. The lowest BCUT2D eigenvalue weighted by Crippen LogP contribution is -2.43. The minimum Gasteiger partial charge on any atom is -0.495 e. The van der Waals surface area contributed by atoms with E-state index in [1.54, 1.807) is 0 Å². The Hall–Kier alpha value is -1.62. The fraction of sp³-hybridized carbons (Fsp3) is 0.500. The molecule has 1 fully saturated rings. The second-order valence-corrected chi connectivity index (χ2v) is 6.85. The number of nitrogens with one attached hydrogen (secondary N) is 1. The molecule has 1 aliphatic heterocycles. The molecule has 1 saturated heterocycles. The van der Waals surface area contributed by atoms with E-state index < -0.39 is 10.0 Å². The highest BCUT2D eigenvalue weighted by Gasteiger charge is 2.31. The Morgan fingerprint density at radius 3 is 2.57 bits per heavy atom. The first-order valence-corrected chi connectivity index (χ1v) is 8.22. The summed E-state index contributed by atoms with van der Waals surface area (Å²) < 4.78 is 32.0. The van der Waals surface area contributed by atoms with Crippen molar-refractivity contribution in [2.45, 2.75) is 23.8 Å². The van der Waals surface area contributed by atoms with Gasteiger partial charge in [0.05, 0.1) is 18.7 Å². The monoisotopic (exact) mass is 309 g/mol. The summed E-state index contributed by atoms with van der Waals surface area (Å²) in [5.74, 6) is 0.213. The van der Waals surface area contributed by atoms with Crippen LogP contribution in [0.4, 0.5) is 0 Å². The van der Waals surface area contributed by atoms with Gasteiger partial charge in [-0.1, -0.05) is 0 Å². The van der Waals surface area contributed by atoms with Crippen LogP contribution in [-0.4, -0.2) is 46.0 Å². The molecular formula is C14H19N3O3S. The molecule has 0 aromatic heterocycles. The molecule has 1 N–H and O–H groups in total. The number of piperidine rings is 1. The summed E-state index contributed by atoms with van der Waals surface area (Å²) in [4.78, 5) is 0.118. The summed E-state index contributed by atoms with van der Waals surface area (Å²) >= 11 is 0. The Labute approximate surface area is 125 Å². The quantitative estimate of drug-likeness (QED) is 0.895. The predicted octanol–water partition coefficient (Wildman–Crippen LogP) is 0.939. The van der Waals surface area contributed by atoms with Crippen LogP contribution in [0.1, 0.15) is 18.4 Å². The number of rotatable bonds is 4. The van der Waals surface area contributed by atoms with Crippen molar-refractivity contribution in [1.82, 2.24) is 9.62 Å². The van der Waals surface area contributed by atoms with Gasteiger partial charge in [-0.2, -0.15) is 9.57 Å². The average molecular weight is 309 g/mol. The Balaban J connectivity index is 2.30. The summed E-state index contributed by atoms with van der Waals surface area (Å²) in [7, 11) is -0.297. The number of sulfonamides is 1. The first-order valence-electron chi connectivity index (χ1n) is 6.78. The third-order valence-electron chi connectivity index (χ3n) is 3.77. The van der Waals surface area contributed by atoms with Crippen LogP contribution in [0.5, 0.6) is 5.75 Å². The van der Waals surface area contributed by atoms with Crippen molar-refractivity contribution >= 4 is 10.0 Å². The highest BCUT2D eigenvalue weighted by molar-refractivity contribution is 7.89. The molecule has 114 valence electrons. The number of hydrogen-bond acceptors (Lipinski definition) is 5. The Morgan fingerprint density at radius 2 is 2.05 bits per heavy atom. The Kier molecular flexibility index (Phi) is 4.83. The van der Waals surface area contributed by atoms with Gasteiger partial charge in [0.25, 0.3) is 0 Å². The second kappa shape index (κ2) is 6.43. The van der Waals surface area contributed by atoms with Crippen LogP contribution in [0, 0.1) is 11.3 Å². The fourth-order valence-electron chi connectivity index (χ4n) is 2.47. The molecule has 1 aliphatic rings. The summed E-state index contributed by atoms with van der Waals surface area (Å²) in [6, 6.07) is 6.73. The normalized spacial score (nSPS) is 17.4. The van der Waals surface area contributed by atoms with Gasteiger partial charge in [-0.15, -0.1) is 0 Å². The van der Waals surface area contributed by atoms with E-state index in [-0.39, 0.29) is 10.6 Å². The molecule has 2 rings (SSSR count). The molecule has 0 atom stereocenters. The Morgan fingerprint density at radius 1 is 1.38 bits per heavy atom. The summed E-state index contributed by atoms with van der Waals surface area (Å²) in [6.45, 7) is 0.966. The van der Waals surface area contributed by atoms with Gasteiger partial charge < -0.3 is 10.1 Å². The maximum Gasteiger partial charge on any atom is 0.246 e. The van der Waals surface area contributed by atoms with Gasteiger partial charge in [-0.05, 0) is 38.1 Å². The summed E-state index contributed by atoms with van der Waals surface area (Å²) in [5, 5.41) is 12.1. The third kappa shape index (κ3) is 3.18. The number of ether oxygens (including phenoxy) is 1. The van der Waals surface area contributed by atoms with Gasteiger partial charge in [0.15, 0.2) is 0 Å². The average Bonchev–Trinajstić information content (AvgIpc) is 2.54. The summed E-state index contributed by atoms with van der Waals surface area (Å²) in [6.07, 6.45) is 1.57. The smallest absolute Gasteiger partial charge is 0.246 e. The molecular weight excluding hydrogens is 290 g/mol. The highest BCUT2D eigenvalue weighted by atomic mass is 32.2. The van der Waals surface area contributed by atoms with Crippen molar-refractivity contribution in [1.29, 1.82) is 5.26 Å². The molecule has 1 aromatic carbocycles. The van der Waals surface area contributed by atoms with E-state index in [2.05, 4.69) is 5.32 Å². The molecule has 0 spiro atoms. The van der Waals surface area contributed by atoms with Crippen molar-refractivity contribution in [2.75, 3.05) is 27.2 Å². The standard InChI is InChI=1S/C14H19N3O3S/c1-16-12-5-7-17(8-6-12)21(18,19)14-4-3-11(10-15)9-13(14)20-2/h3-4,9,12,16H,5-8H2,1-2H3. The van der Waals surface area contributed by atoms with Crippen molar-refractivity contribution in [3.05, 3.63) is 23.8 Å². The topological polar surface area (TPSA) is 82.4 Å². The molecule has 0 amide bonds. The SMILES string of the molecule is CNC1CCN(S(=O)(=O)c2ccc(C#N)cc2OC)CC1. The van der Waals surface area contributed by atoms with E-state index in [9.17, 15) is 8.42 Å². The zero-order valence-electron chi connectivity index (χ0n) is 12.2. The van der Waals surface area contributed by atoms with Crippen LogP contribution in [0.25, 0.3) is 0 Å². The predicted molar refractivity (Wildman–Crippen MR) is 78.5 cm³/mol. The van der Waals surface area contributed by atoms with Gasteiger partial charge in [0.2, 0.25) is 10.0 Å².